The Bertz CT molecular complexity index is 922. The molecule has 1 saturated heterocycles. The molecule has 1 spiro atoms. The van der Waals surface area contributed by atoms with Gasteiger partial charge in [-0.25, -0.2) is 0 Å². The van der Waals surface area contributed by atoms with Gasteiger partial charge in [-0.2, -0.15) is 0 Å². The molecule has 2 heterocycles. The lowest BCUT2D eigenvalue weighted by atomic mass is 9.50. The van der Waals surface area contributed by atoms with Crippen LogP contribution in [0.3, 0.4) is 0 Å². The highest BCUT2D eigenvalue weighted by Gasteiger charge is 2.71. The second-order valence-corrected chi connectivity index (χ2v) is 8.87. The van der Waals surface area contributed by atoms with Gasteiger partial charge in [0.2, 0.25) is 0 Å². The van der Waals surface area contributed by atoms with Crippen LogP contribution in [0, 0.1) is 5.92 Å². The number of likely N-dealkylation sites (N-methyl/N-ethyl adjacent to an activating group) is 1. The van der Waals surface area contributed by atoms with Gasteiger partial charge in [0, 0.05) is 18.0 Å². The van der Waals surface area contributed by atoms with Crippen molar-refractivity contribution in [3.05, 3.63) is 40.7 Å². The van der Waals surface area contributed by atoms with E-state index >= 15 is 0 Å². The molecule has 0 radical (unpaired) electrons. The van der Waals surface area contributed by atoms with E-state index in [1.165, 1.54) is 0 Å². The van der Waals surface area contributed by atoms with Crippen molar-refractivity contribution >= 4 is 12.3 Å². The minimum Gasteiger partial charge on any atom is -0.480 e. The Balaban J connectivity index is 1.73. The zero-order valence-electron chi connectivity index (χ0n) is 16.4. The molecule has 2 aliphatic heterocycles. The summed E-state index contributed by atoms with van der Waals surface area (Å²) in [4.78, 5) is 26.2. The van der Waals surface area contributed by atoms with Crippen molar-refractivity contribution < 1.29 is 24.2 Å². The molecule has 0 saturated carbocycles. The number of hydrogen-bond acceptors (Lipinski definition) is 6. The van der Waals surface area contributed by atoms with Gasteiger partial charge in [-0.3, -0.25) is 9.59 Å². The van der Waals surface area contributed by atoms with Gasteiger partial charge in [0.15, 0.2) is 12.4 Å². The van der Waals surface area contributed by atoms with Crippen LogP contribution in [-0.4, -0.2) is 53.6 Å². The highest BCUT2D eigenvalue weighted by molar-refractivity contribution is 5.83. The molecular formula is C22H25NO5. The van der Waals surface area contributed by atoms with Crippen molar-refractivity contribution in [2.75, 3.05) is 13.6 Å². The average Bonchev–Trinajstić information content (AvgIpc) is 3.02. The van der Waals surface area contributed by atoms with Crippen LogP contribution in [0.25, 0.3) is 0 Å². The van der Waals surface area contributed by atoms with Gasteiger partial charge in [0.05, 0.1) is 22.5 Å². The van der Waals surface area contributed by atoms with Crippen LogP contribution in [0.1, 0.15) is 48.2 Å². The highest BCUT2D eigenvalue weighted by atomic mass is 16.6. The summed E-state index contributed by atoms with van der Waals surface area (Å²) in [7, 11) is 2.05. The smallest absolute Gasteiger partial charge is 0.313 e. The van der Waals surface area contributed by atoms with Crippen LogP contribution < -0.4 is 4.74 Å². The summed E-state index contributed by atoms with van der Waals surface area (Å²) in [6.45, 7) is 4.39. The van der Waals surface area contributed by atoms with Crippen molar-refractivity contribution in [3.63, 3.8) is 0 Å². The maximum absolute atomic E-state index is 12.3. The Kier molecular flexibility index (Phi) is 3.62. The number of ether oxygens (including phenoxy) is 2. The van der Waals surface area contributed by atoms with Crippen LogP contribution in [0.5, 0.6) is 5.75 Å². The number of piperidine rings is 1. The summed E-state index contributed by atoms with van der Waals surface area (Å²) in [5, 5.41) is 12.0. The van der Waals surface area contributed by atoms with Crippen LogP contribution in [0.15, 0.2) is 24.0 Å². The molecule has 148 valence electrons. The lowest BCUT2D eigenvalue weighted by Gasteiger charge is -2.61. The van der Waals surface area contributed by atoms with E-state index in [1.807, 2.05) is 19.2 Å². The van der Waals surface area contributed by atoms with Gasteiger partial charge in [-0.05, 0) is 44.1 Å². The summed E-state index contributed by atoms with van der Waals surface area (Å²) in [6.07, 6.45) is 3.80. The first kappa shape index (κ1) is 17.9. The number of esters is 1. The first-order chi connectivity index (χ1) is 13.3. The third-order valence-electron chi connectivity index (χ3n) is 7.22. The molecule has 2 aliphatic carbocycles. The molecule has 0 unspecified atom stereocenters. The second kappa shape index (κ2) is 5.67. The Morgan fingerprint density at radius 2 is 2.21 bits per heavy atom. The lowest BCUT2D eigenvalue weighted by molar-refractivity contribution is -0.170. The first-order valence-electron chi connectivity index (χ1n) is 9.96. The number of aliphatic hydroxyl groups is 1. The van der Waals surface area contributed by atoms with Gasteiger partial charge in [0.1, 0.15) is 11.5 Å². The normalized spacial score (nSPS) is 35.1. The van der Waals surface area contributed by atoms with E-state index in [0.29, 0.717) is 36.3 Å². The molecule has 1 fully saturated rings. The number of nitrogens with zero attached hydrogens (tertiary/aromatic N) is 1. The largest absolute Gasteiger partial charge is 0.480 e. The molecule has 0 aromatic heterocycles. The molecule has 4 aliphatic rings. The number of benzene rings is 1. The Hall–Kier alpha value is -2.18. The molecule has 2 bridgehead atoms. The predicted molar refractivity (Wildman–Crippen MR) is 101 cm³/mol. The van der Waals surface area contributed by atoms with E-state index in [4.69, 9.17) is 9.47 Å². The summed E-state index contributed by atoms with van der Waals surface area (Å²) in [6, 6.07) is 3.73. The van der Waals surface area contributed by atoms with Crippen LogP contribution in [-0.2, 0) is 21.4 Å². The molecule has 4 atom stereocenters. The standard InChI is InChI=1S/C22H25NO5/c1-12(2)20(25)27-15-6-7-22(26)16-10-13-4-5-14(11-24)18-17(13)21(22,19(15)28-18)8-9-23(16)3/h4-6,11-12,16,19,26H,7-10H2,1-3H3/t16-,19+,21+,22-/m1/s1. The van der Waals surface area contributed by atoms with Gasteiger partial charge >= 0.3 is 5.97 Å². The van der Waals surface area contributed by atoms with E-state index in [2.05, 4.69) is 4.90 Å². The fourth-order valence-corrected chi connectivity index (χ4v) is 5.80. The van der Waals surface area contributed by atoms with Crippen molar-refractivity contribution in [2.24, 2.45) is 5.92 Å². The van der Waals surface area contributed by atoms with Crippen LogP contribution in [0.4, 0.5) is 0 Å². The van der Waals surface area contributed by atoms with E-state index in [1.54, 1.807) is 19.9 Å². The first-order valence-corrected chi connectivity index (χ1v) is 9.96. The highest BCUT2D eigenvalue weighted by Crippen LogP contribution is 2.64. The number of hydrogen-bond donors (Lipinski definition) is 1. The van der Waals surface area contributed by atoms with E-state index in [0.717, 1.165) is 24.0 Å². The summed E-state index contributed by atoms with van der Waals surface area (Å²) >= 11 is 0. The van der Waals surface area contributed by atoms with Crippen molar-refractivity contribution in [3.8, 4) is 5.75 Å². The van der Waals surface area contributed by atoms with E-state index in [9.17, 15) is 14.7 Å². The van der Waals surface area contributed by atoms with Crippen LogP contribution >= 0.6 is 0 Å². The number of aldehydes is 1. The fraction of sp³-hybridized carbons (Fsp3) is 0.545. The van der Waals surface area contributed by atoms with Crippen molar-refractivity contribution in [1.82, 2.24) is 4.90 Å². The molecule has 1 N–H and O–H groups in total. The predicted octanol–water partition coefficient (Wildman–Crippen LogP) is 1.98. The summed E-state index contributed by atoms with van der Waals surface area (Å²) in [5.41, 5.74) is 0.809. The van der Waals surface area contributed by atoms with Crippen molar-refractivity contribution in [2.45, 2.75) is 56.3 Å². The second-order valence-electron chi connectivity index (χ2n) is 8.87. The Labute approximate surface area is 164 Å². The number of carbonyl (C=O) groups excluding carboxylic acids is 2. The monoisotopic (exact) mass is 383 g/mol. The molecule has 28 heavy (non-hydrogen) atoms. The topological polar surface area (TPSA) is 76.1 Å². The SMILES string of the molecule is CC(C)C(=O)OC1=CC[C@@]2(O)[C@H]3Cc4ccc(C=O)c5c4[C@@]2(CCN3C)[C@H]1O5. The molecule has 6 heteroatoms. The van der Waals surface area contributed by atoms with Crippen LogP contribution in [0.2, 0.25) is 0 Å². The Morgan fingerprint density at radius 1 is 1.43 bits per heavy atom. The van der Waals surface area contributed by atoms with Gasteiger partial charge in [0.25, 0.3) is 0 Å². The zero-order valence-corrected chi connectivity index (χ0v) is 16.4. The van der Waals surface area contributed by atoms with Gasteiger partial charge in [-0.1, -0.05) is 19.9 Å². The zero-order chi connectivity index (χ0) is 19.8. The molecule has 6 nitrogen and oxygen atoms in total. The minimum absolute atomic E-state index is 0.0496. The quantitative estimate of drug-likeness (QED) is 0.635. The molecular weight excluding hydrogens is 358 g/mol. The molecule has 1 aromatic rings. The third kappa shape index (κ3) is 1.95. The number of likely N-dealkylation sites (tertiary alicyclic amines) is 1. The lowest BCUT2D eigenvalue weighted by Crippen LogP contribution is -2.74. The molecule has 5 rings (SSSR count). The third-order valence-corrected chi connectivity index (χ3v) is 7.22. The average molecular weight is 383 g/mol. The van der Waals surface area contributed by atoms with Gasteiger partial charge in [-0.15, -0.1) is 0 Å². The molecule has 0 amide bonds. The summed E-state index contributed by atoms with van der Waals surface area (Å²) < 4.78 is 12.1. The van der Waals surface area contributed by atoms with E-state index < -0.39 is 17.1 Å². The Morgan fingerprint density at radius 3 is 2.93 bits per heavy atom. The fourth-order valence-electron chi connectivity index (χ4n) is 5.80. The van der Waals surface area contributed by atoms with Crippen molar-refractivity contribution in [1.29, 1.82) is 0 Å². The van der Waals surface area contributed by atoms with Gasteiger partial charge < -0.3 is 19.5 Å². The maximum atomic E-state index is 12.3. The van der Waals surface area contributed by atoms with E-state index in [-0.39, 0.29) is 17.9 Å². The minimum atomic E-state index is -1.03. The molecule has 1 aromatic carbocycles. The summed E-state index contributed by atoms with van der Waals surface area (Å²) in [5.74, 6) is 0.435. The maximum Gasteiger partial charge on any atom is 0.313 e. The number of carbonyl (C=O) groups is 2. The number of rotatable bonds is 3.